The van der Waals surface area contributed by atoms with E-state index < -0.39 is 5.97 Å². The topological polar surface area (TPSA) is 83.7 Å². The van der Waals surface area contributed by atoms with Crippen molar-refractivity contribution in [2.45, 2.75) is 33.1 Å². The molecule has 3 rings (SSSR count). The largest absolute Gasteiger partial charge is 0.481 e. The number of carbonyl (C=O) groups excluding carboxylic acids is 1. The Morgan fingerprint density at radius 1 is 1.19 bits per heavy atom. The van der Waals surface area contributed by atoms with Crippen LogP contribution >= 0.6 is 0 Å². The van der Waals surface area contributed by atoms with E-state index >= 15 is 0 Å². The Kier molecular flexibility index (Phi) is 5.02. The fraction of sp³-hybridized carbons (Fsp3) is 0.250. The Hall–Kier alpha value is -3.15. The number of carboxylic acids is 1. The van der Waals surface area contributed by atoms with Gasteiger partial charge in [-0.15, -0.1) is 0 Å². The van der Waals surface area contributed by atoms with Crippen LogP contribution in [-0.2, 0) is 17.6 Å². The highest BCUT2D eigenvalue weighted by Crippen LogP contribution is 2.18. The van der Waals surface area contributed by atoms with Gasteiger partial charge in [0.1, 0.15) is 11.3 Å². The summed E-state index contributed by atoms with van der Waals surface area (Å²) in [6, 6.07) is 10.7. The highest BCUT2D eigenvalue weighted by atomic mass is 16.4. The van der Waals surface area contributed by atoms with Gasteiger partial charge in [-0.05, 0) is 48.7 Å². The average molecular weight is 351 g/mol. The van der Waals surface area contributed by atoms with Gasteiger partial charge in [-0.3, -0.25) is 14.0 Å². The minimum Gasteiger partial charge on any atom is -0.481 e. The minimum absolute atomic E-state index is 0.0402. The number of hydrogen-bond donors (Lipinski definition) is 2. The molecule has 0 bridgehead atoms. The lowest BCUT2D eigenvalue weighted by atomic mass is 10.1. The molecule has 26 heavy (non-hydrogen) atoms. The quantitative estimate of drug-likeness (QED) is 0.712. The smallest absolute Gasteiger partial charge is 0.307 e. The maximum Gasteiger partial charge on any atom is 0.307 e. The van der Waals surface area contributed by atoms with Crippen molar-refractivity contribution in [2.75, 3.05) is 5.32 Å². The second-order valence-corrected chi connectivity index (χ2v) is 6.31. The molecule has 0 aliphatic rings. The number of carbonyl (C=O) groups is 2. The summed E-state index contributed by atoms with van der Waals surface area (Å²) in [5.41, 5.74) is 4.47. The van der Waals surface area contributed by atoms with Gasteiger partial charge in [0.05, 0.1) is 12.1 Å². The van der Waals surface area contributed by atoms with Crippen LogP contribution in [0.5, 0.6) is 0 Å². The van der Waals surface area contributed by atoms with E-state index in [1.807, 2.05) is 29.7 Å². The molecule has 0 radical (unpaired) electrons. The van der Waals surface area contributed by atoms with Gasteiger partial charge in [-0.2, -0.15) is 0 Å². The second-order valence-electron chi connectivity index (χ2n) is 6.31. The van der Waals surface area contributed by atoms with E-state index in [-0.39, 0.29) is 12.3 Å². The van der Waals surface area contributed by atoms with Gasteiger partial charge in [-0.1, -0.05) is 25.5 Å². The number of rotatable bonds is 6. The van der Waals surface area contributed by atoms with Crippen LogP contribution < -0.4 is 5.32 Å². The van der Waals surface area contributed by atoms with Crippen molar-refractivity contribution < 1.29 is 14.7 Å². The summed E-state index contributed by atoms with van der Waals surface area (Å²) in [4.78, 5) is 28.2. The lowest BCUT2D eigenvalue weighted by Gasteiger charge is -2.08. The van der Waals surface area contributed by atoms with Crippen molar-refractivity contribution in [1.29, 1.82) is 0 Å². The molecule has 6 heteroatoms. The molecule has 0 unspecified atom stereocenters. The van der Waals surface area contributed by atoms with Crippen LogP contribution in [0.1, 0.15) is 40.7 Å². The number of aryl methyl sites for hydroxylation is 2. The third-order valence-corrected chi connectivity index (χ3v) is 4.12. The molecule has 0 fully saturated rings. The van der Waals surface area contributed by atoms with Crippen molar-refractivity contribution in [3.05, 3.63) is 65.1 Å². The zero-order chi connectivity index (χ0) is 18.7. The predicted octanol–water partition coefficient (Wildman–Crippen LogP) is 3.47. The monoisotopic (exact) mass is 351 g/mol. The molecule has 2 aromatic heterocycles. The first-order chi connectivity index (χ1) is 12.5. The number of pyridine rings is 1. The Labute approximate surface area is 151 Å². The minimum atomic E-state index is -0.882. The van der Waals surface area contributed by atoms with Crippen molar-refractivity contribution >= 4 is 23.2 Å². The van der Waals surface area contributed by atoms with Gasteiger partial charge >= 0.3 is 5.97 Å². The first-order valence-corrected chi connectivity index (χ1v) is 8.57. The highest BCUT2D eigenvalue weighted by molar-refractivity contribution is 6.04. The molecule has 0 atom stereocenters. The molecular formula is C20H21N3O3. The standard InChI is InChI=1S/C20H21N3O3/c1-3-4-16-19(23-10-9-13(2)11-17(23)22-16)20(26)21-15-7-5-14(6-8-15)12-18(24)25/h5-11H,3-4,12H2,1-2H3,(H,21,26)(H,24,25). The molecule has 134 valence electrons. The molecule has 0 spiro atoms. The zero-order valence-electron chi connectivity index (χ0n) is 14.8. The first kappa shape index (κ1) is 17.7. The SMILES string of the molecule is CCCc1nc2cc(C)ccn2c1C(=O)Nc1ccc(CC(=O)O)cc1. The van der Waals surface area contributed by atoms with Crippen LogP contribution in [0.3, 0.4) is 0 Å². The summed E-state index contributed by atoms with van der Waals surface area (Å²) in [6.07, 6.45) is 3.44. The van der Waals surface area contributed by atoms with Crippen LogP contribution in [0, 0.1) is 6.92 Å². The van der Waals surface area contributed by atoms with Crippen LogP contribution in [-0.4, -0.2) is 26.4 Å². The summed E-state index contributed by atoms with van der Waals surface area (Å²) >= 11 is 0. The number of imidazole rings is 1. The first-order valence-electron chi connectivity index (χ1n) is 8.57. The van der Waals surface area contributed by atoms with Gasteiger partial charge in [0.25, 0.3) is 5.91 Å². The third-order valence-electron chi connectivity index (χ3n) is 4.12. The van der Waals surface area contributed by atoms with Gasteiger partial charge < -0.3 is 10.4 Å². The fourth-order valence-electron chi connectivity index (χ4n) is 2.92. The summed E-state index contributed by atoms with van der Waals surface area (Å²) in [6.45, 7) is 4.05. The molecular weight excluding hydrogens is 330 g/mol. The Bertz CT molecular complexity index is 958. The van der Waals surface area contributed by atoms with E-state index in [0.717, 1.165) is 29.7 Å². The Morgan fingerprint density at radius 3 is 2.58 bits per heavy atom. The Morgan fingerprint density at radius 2 is 1.92 bits per heavy atom. The lowest BCUT2D eigenvalue weighted by molar-refractivity contribution is -0.136. The summed E-state index contributed by atoms with van der Waals surface area (Å²) in [7, 11) is 0. The number of nitrogens with one attached hydrogen (secondary N) is 1. The third kappa shape index (κ3) is 3.74. The second kappa shape index (κ2) is 7.39. The number of carboxylic acid groups (broad SMARTS) is 1. The number of fused-ring (bicyclic) bond motifs is 1. The lowest BCUT2D eigenvalue weighted by Crippen LogP contribution is -2.16. The van der Waals surface area contributed by atoms with Crippen molar-refractivity contribution in [3.63, 3.8) is 0 Å². The fourth-order valence-corrected chi connectivity index (χ4v) is 2.92. The molecule has 0 saturated carbocycles. The number of benzene rings is 1. The van der Waals surface area contributed by atoms with E-state index in [9.17, 15) is 9.59 Å². The number of aliphatic carboxylic acids is 1. The maximum absolute atomic E-state index is 12.9. The van der Waals surface area contributed by atoms with Crippen LogP contribution in [0.15, 0.2) is 42.6 Å². The number of aromatic nitrogens is 2. The van der Waals surface area contributed by atoms with E-state index in [1.54, 1.807) is 24.3 Å². The highest BCUT2D eigenvalue weighted by Gasteiger charge is 2.19. The molecule has 0 aliphatic carbocycles. The van der Waals surface area contributed by atoms with Gasteiger partial charge in [-0.25, -0.2) is 4.98 Å². The van der Waals surface area contributed by atoms with Crippen LogP contribution in [0.4, 0.5) is 5.69 Å². The average Bonchev–Trinajstić information content (AvgIpc) is 2.93. The zero-order valence-corrected chi connectivity index (χ0v) is 14.8. The van der Waals surface area contributed by atoms with E-state index in [4.69, 9.17) is 5.11 Å². The number of amides is 1. The van der Waals surface area contributed by atoms with Crippen molar-refractivity contribution in [2.24, 2.45) is 0 Å². The van der Waals surface area contributed by atoms with Crippen LogP contribution in [0.2, 0.25) is 0 Å². The molecule has 0 aliphatic heterocycles. The molecule has 3 aromatic rings. The molecule has 2 N–H and O–H groups in total. The maximum atomic E-state index is 12.9. The van der Waals surface area contributed by atoms with E-state index in [1.165, 1.54) is 0 Å². The van der Waals surface area contributed by atoms with Crippen LogP contribution in [0.25, 0.3) is 5.65 Å². The summed E-state index contributed by atoms with van der Waals surface area (Å²) in [5.74, 6) is -1.11. The Balaban J connectivity index is 1.89. The molecule has 1 aromatic carbocycles. The number of anilines is 1. The van der Waals surface area contributed by atoms with Gasteiger partial charge in [0.2, 0.25) is 0 Å². The van der Waals surface area contributed by atoms with Gasteiger partial charge in [0.15, 0.2) is 0 Å². The van der Waals surface area contributed by atoms with E-state index in [0.29, 0.717) is 16.9 Å². The normalized spacial score (nSPS) is 10.8. The summed E-state index contributed by atoms with van der Waals surface area (Å²) < 4.78 is 1.81. The van der Waals surface area contributed by atoms with E-state index in [2.05, 4.69) is 17.2 Å². The molecule has 1 amide bonds. The number of nitrogens with zero attached hydrogens (tertiary/aromatic N) is 2. The van der Waals surface area contributed by atoms with Crippen molar-refractivity contribution in [3.8, 4) is 0 Å². The predicted molar refractivity (Wildman–Crippen MR) is 99.7 cm³/mol. The molecule has 2 heterocycles. The molecule has 6 nitrogen and oxygen atoms in total. The number of hydrogen-bond acceptors (Lipinski definition) is 3. The van der Waals surface area contributed by atoms with Gasteiger partial charge in [0, 0.05) is 11.9 Å². The molecule has 0 saturated heterocycles. The van der Waals surface area contributed by atoms with Crippen molar-refractivity contribution in [1.82, 2.24) is 9.38 Å². The summed E-state index contributed by atoms with van der Waals surface area (Å²) in [5, 5.41) is 11.7.